The van der Waals surface area contributed by atoms with Gasteiger partial charge in [0, 0.05) is 0 Å². The van der Waals surface area contributed by atoms with Crippen LogP contribution in [0.25, 0.3) is 0 Å². The van der Waals surface area contributed by atoms with Crippen molar-refractivity contribution >= 4 is 18.3 Å². The molecule has 0 heterocycles. The SMILES string of the molecule is Cc1ccccc1OC(C)CNC(=O)C1(N)CCCCC1.Cl. The van der Waals surface area contributed by atoms with E-state index in [1.165, 1.54) is 6.42 Å². The Morgan fingerprint density at radius 3 is 2.59 bits per heavy atom. The van der Waals surface area contributed by atoms with Crippen molar-refractivity contribution in [3.63, 3.8) is 0 Å². The van der Waals surface area contributed by atoms with Crippen LogP contribution >= 0.6 is 12.4 Å². The Morgan fingerprint density at radius 1 is 1.32 bits per heavy atom. The molecule has 124 valence electrons. The molecule has 1 unspecified atom stereocenters. The van der Waals surface area contributed by atoms with E-state index < -0.39 is 5.54 Å². The monoisotopic (exact) mass is 326 g/mol. The minimum atomic E-state index is -0.680. The Kier molecular flexibility index (Phi) is 7.17. The lowest BCUT2D eigenvalue weighted by molar-refractivity contribution is -0.127. The summed E-state index contributed by atoms with van der Waals surface area (Å²) in [6.07, 6.45) is 4.75. The van der Waals surface area contributed by atoms with E-state index in [1.807, 2.05) is 38.1 Å². The van der Waals surface area contributed by atoms with E-state index >= 15 is 0 Å². The summed E-state index contributed by atoms with van der Waals surface area (Å²) in [5, 5.41) is 2.94. The van der Waals surface area contributed by atoms with Crippen LogP contribution in [0.15, 0.2) is 24.3 Å². The Balaban J connectivity index is 0.00000242. The number of para-hydroxylation sites is 1. The first-order chi connectivity index (χ1) is 10.0. The molecule has 1 saturated carbocycles. The number of amides is 1. The molecule has 1 aliphatic carbocycles. The van der Waals surface area contributed by atoms with Crippen molar-refractivity contribution in [3.05, 3.63) is 29.8 Å². The predicted octanol–water partition coefficient (Wildman–Crippen LogP) is 2.96. The molecule has 22 heavy (non-hydrogen) atoms. The largest absolute Gasteiger partial charge is 0.489 e. The molecule has 1 aromatic rings. The van der Waals surface area contributed by atoms with E-state index in [1.54, 1.807) is 0 Å². The van der Waals surface area contributed by atoms with Crippen molar-refractivity contribution in [2.45, 2.75) is 57.6 Å². The highest BCUT2D eigenvalue weighted by Gasteiger charge is 2.35. The summed E-state index contributed by atoms with van der Waals surface area (Å²) in [6, 6.07) is 7.89. The molecule has 1 atom stereocenters. The van der Waals surface area contributed by atoms with Crippen LogP contribution in [0, 0.1) is 6.92 Å². The number of aryl methyl sites for hydroxylation is 1. The molecule has 4 nitrogen and oxygen atoms in total. The second-order valence-electron chi connectivity index (χ2n) is 6.12. The van der Waals surface area contributed by atoms with E-state index in [9.17, 15) is 4.79 Å². The summed E-state index contributed by atoms with van der Waals surface area (Å²) >= 11 is 0. The Bertz CT molecular complexity index is 487. The van der Waals surface area contributed by atoms with Crippen LogP contribution in [0.5, 0.6) is 5.75 Å². The molecular formula is C17H27ClN2O2. The smallest absolute Gasteiger partial charge is 0.240 e. The van der Waals surface area contributed by atoms with Crippen molar-refractivity contribution in [1.82, 2.24) is 5.32 Å². The van der Waals surface area contributed by atoms with Gasteiger partial charge in [-0.25, -0.2) is 0 Å². The van der Waals surface area contributed by atoms with Gasteiger partial charge in [0.2, 0.25) is 5.91 Å². The number of ether oxygens (including phenoxy) is 1. The molecule has 5 heteroatoms. The average Bonchev–Trinajstić information content (AvgIpc) is 2.48. The maximum absolute atomic E-state index is 12.3. The van der Waals surface area contributed by atoms with Crippen molar-refractivity contribution in [1.29, 1.82) is 0 Å². The molecule has 1 aromatic carbocycles. The lowest BCUT2D eigenvalue weighted by atomic mass is 9.82. The molecule has 1 amide bonds. The van der Waals surface area contributed by atoms with Crippen molar-refractivity contribution in [2.75, 3.05) is 6.54 Å². The summed E-state index contributed by atoms with van der Waals surface area (Å²) in [5.74, 6) is 0.821. The molecule has 1 fully saturated rings. The zero-order valence-corrected chi connectivity index (χ0v) is 14.2. The van der Waals surface area contributed by atoms with Gasteiger partial charge in [0.15, 0.2) is 0 Å². The van der Waals surface area contributed by atoms with Crippen LogP contribution in [0.3, 0.4) is 0 Å². The number of nitrogens with one attached hydrogen (secondary N) is 1. The predicted molar refractivity (Wildman–Crippen MR) is 91.5 cm³/mol. The van der Waals surface area contributed by atoms with E-state index in [2.05, 4.69) is 5.32 Å². The zero-order chi connectivity index (χ0) is 15.3. The van der Waals surface area contributed by atoms with Gasteiger partial charge in [-0.3, -0.25) is 4.79 Å². The summed E-state index contributed by atoms with van der Waals surface area (Å²) in [7, 11) is 0. The number of hydrogen-bond donors (Lipinski definition) is 2. The third-order valence-corrected chi connectivity index (χ3v) is 4.17. The molecule has 0 aromatic heterocycles. The second kappa shape index (κ2) is 8.39. The third kappa shape index (κ3) is 4.89. The molecular weight excluding hydrogens is 300 g/mol. The molecule has 2 rings (SSSR count). The normalized spacial score (nSPS) is 18.0. The fourth-order valence-corrected chi connectivity index (χ4v) is 2.77. The van der Waals surface area contributed by atoms with E-state index in [0.717, 1.165) is 37.0 Å². The first-order valence-corrected chi connectivity index (χ1v) is 7.81. The number of benzene rings is 1. The van der Waals surface area contributed by atoms with Gasteiger partial charge in [-0.05, 0) is 38.3 Å². The van der Waals surface area contributed by atoms with Crippen molar-refractivity contribution < 1.29 is 9.53 Å². The lowest BCUT2D eigenvalue weighted by Gasteiger charge is -2.32. The number of hydrogen-bond acceptors (Lipinski definition) is 3. The fourth-order valence-electron chi connectivity index (χ4n) is 2.77. The molecule has 0 aliphatic heterocycles. The minimum Gasteiger partial charge on any atom is -0.489 e. The highest BCUT2D eigenvalue weighted by Crippen LogP contribution is 2.26. The van der Waals surface area contributed by atoms with Gasteiger partial charge in [0.25, 0.3) is 0 Å². The van der Waals surface area contributed by atoms with Crippen molar-refractivity contribution in [3.8, 4) is 5.75 Å². The molecule has 0 saturated heterocycles. The first kappa shape index (κ1) is 18.8. The fraction of sp³-hybridized carbons (Fsp3) is 0.588. The summed E-state index contributed by atoms with van der Waals surface area (Å²) in [5.41, 5.74) is 6.63. The van der Waals surface area contributed by atoms with Crippen LogP contribution in [-0.4, -0.2) is 24.1 Å². The van der Waals surface area contributed by atoms with Crippen LogP contribution in [0.1, 0.15) is 44.6 Å². The zero-order valence-electron chi connectivity index (χ0n) is 13.4. The Labute approximate surface area is 139 Å². The summed E-state index contributed by atoms with van der Waals surface area (Å²) in [6.45, 7) is 4.44. The van der Waals surface area contributed by atoms with Gasteiger partial charge in [0.1, 0.15) is 11.9 Å². The third-order valence-electron chi connectivity index (χ3n) is 4.17. The highest BCUT2D eigenvalue weighted by molar-refractivity contribution is 5.86. The molecule has 3 N–H and O–H groups in total. The maximum Gasteiger partial charge on any atom is 0.240 e. The maximum atomic E-state index is 12.3. The van der Waals surface area contributed by atoms with Crippen LogP contribution in [0.4, 0.5) is 0 Å². The van der Waals surface area contributed by atoms with Crippen LogP contribution in [0.2, 0.25) is 0 Å². The molecule has 0 bridgehead atoms. The summed E-state index contributed by atoms with van der Waals surface area (Å²) < 4.78 is 5.86. The molecule has 0 spiro atoms. The van der Waals surface area contributed by atoms with Crippen LogP contribution < -0.4 is 15.8 Å². The van der Waals surface area contributed by atoms with E-state index in [4.69, 9.17) is 10.5 Å². The van der Waals surface area contributed by atoms with Crippen LogP contribution in [-0.2, 0) is 4.79 Å². The van der Waals surface area contributed by atoms with Gasteiger partial charge < -0.3 is 15.8 Å². The number of rotatable bonds is 5. The lowest BCUT2D eigenvalue weighted by Crippen LogP contribution is -2.56. The summed E-state index contributed by atoms with van der Waals surface area (Å²) in [4.78, 5) is 12.3. The van der Waals surface area contributed by atoms with E-state index in [0.29, 0.717) is 6.54 Å². The molecule has 0 radical (unpaired) electrons. The number of carbonyl (C=O) groups excluding carboxylic acids is 1. The first-order valence-electron chi connectivity index (χ1n) is 7.81. The van der Waals surface area contributed by atoms with Gasteiger partial charge in [-0.1, -0.05) is 37.5 Å². The number of carbonyl (C=O) groups is 1. The number of halogens is 1. The minimum absolute atomic E-state index is 0. The Morgan fingerprint density at radius 2 is 1.95 bits per heavy atom. The van der Waals surface area contributed by atoms with Gasteiger partial charge in [0.05, 0.1) is 12.1 Å². The highest BCUT2D eigenvalue weighted by atomic mass is 35.5. The standard InChI is InChI=1S/C17H26N2O2.ClH/c1-13-8-4-5-9-15(13)21-14(2)12-19-16(20)17(18)10-6-3-7-11-17;/h4-5,8-9,14H,3,6-7,10-12,18H2,1-2H3,(H,19,20);1H. The van der Waals surface area contributed by atoms with Gasteiger partial charge in [-0.15, -0.1) is 12.4 Å². The van der Waals surface area contributed by atoms with Gasteiger partial charge in [-0.2, -0.15) is 0 Å². The topological polar surface area (TPSA) is 64.3 Å². The number of nitrogens with two attached hydrogens (primary N) is 1. The van der Waals surface area contributed by atoms with Crippen molar-refractivity contribution in [2.24, 2.45) is 5.73 Å². The average molecular weight is 327 g/mol. The Hall–Kier alpha value is -1.26. The van der Waals surface area contributed by atoms with Gasteiger partial charge >= 0.3 is 0 Å². The van der Waals surface area contributed by atoms with E-state index in [-0.39, 0.29) is 24.4 Å². The molecule has 1 aliphatic rings. The quantitative estimate of drug-likeness (QED) is 0.874. The second-order valence-corrected chi connectivity index (χ2v) is 6.12.